The predicted molar refractivity (Wildman–Crippen MR) is 122 cm³/mol. The van der Waals surface area contributed by atoms with Crippen LogP contribution in [0.25, 0.3) is 11.1 Å². The zero-order valence-electron chi connectivity index (χ0n) is 18.7. The summed E-state index contributed by atoms with van der Waals surface area (Å²) in [6, 6.07) is 13.9. The van der Waals surface area contributed by atoms with Crippen molar-refractivity contribution in [2.24, 2.45) is 5.41 Å². The first-order valence-electron chi connectivity index (χ1n) is 11.8. The maximum atomic E-state index is 14.6. The third kappa shape index (κ3) is 3.65. The van der Waals surface area contributed by atoms with Crippen LogP contribution in [0.1, 0.15) is 93.9 Å². The molecule has 3 aliphatic rings. The summed E-state index contributed by atoms with van der Waals surface area (Å²) < 4.78 is 14.6. The molecular weight excluding hydrogens is 383 g/mol. The van der Waals surface area contributed by atoms with Gasteiger partial charge in [0.2, 0.25) is 0 Å². The van der Waals surface area contributed by atoms with Crippen molar-refractivity contribution in [3.63, 3.8) is 0 Å². The van der Waals surface area contributed by atoms with Crippen molar-refractivity contribution < 1.29 is 4.39 Å². The van der Waals surface area contributed by atoms with E-state index in [-0.39, 0.29) is 11.2 Å². The molecule has 0 atom stereocenters. The minimum atomic E-state index is -0.240. The average molecular weight is 415 g/mol. The molecule has 0 radical (unpaired) electrons. The molecule has 2 nitrogen and oxygen atoms in total. The van der Waals surface area contributed by atoms with Gasteiger partial charge in [-0.1, -0.05) is 51.0 Å². The van der Waals surface area contributed by atoms with Crippen molar-refractivity contribution in [1.82, 2.24) is 0 Å². The van der Waals surface area contributed by atoms with Gasteiger partial charge in [-0.2, -0.15) is 10.5 Å². The van der Waals surface area contributed by atoms with Crippen LogP contribution in [0.5, 0.6) is 0 Å². The monoisotopic (exact) mass is 414 g/mol. The lowest BCUT2D eigenvalue weighted by atomic mass is 9.50. The number of aryl methyl sites for hydroxylation is 1. The van der Waals surface area contributed by atoms with Crippen LogP contribution in [0.15, 0.2) is 30.3 Å². The van der Waals surface area contributed by atoms with Gasteiger partial charge in [0.05, 0.1) is 11.1 Å². The van der Waals surface area contributed by atoms with Gasteiger partial charge in [-0.25, -0.2) is 4.39 Å². The minimum absolute atomic E-state index is 0.0148. The first kappa shape index (κ1) is 21.6. The molecule has 160 valence electrons. The Balaban J connectivity index is 1.75. The third-order valence-electron chi connectivity index (χ3n) is 8.07. The Hall–Kier alpha value is -2.65. The number of rotatable bonds is 6. The highest BCUT2D eigenvalue weighted by Crippen LogP contribution is 2.60. The molecule has 2 bridgehead atoms. The molecule has 0 aliphatic heterocycles. The van der Waals surface area contributed by atoms with Gasteiger partial charge in [-0.15, -0.1) is 0 Å². The molecule has 3 saturated carbocycles. The average Bonchev–Trinajstić information content (AvgIpc) is 2.80. The standard InChI is InChI=1S/C28H31FN2/c1-3-5-20-6-7-21(17-26(20)29)22-8-9-25(24(19-31)23(22)18-30)28-14-11-27(10-4-2,12-15-28)13-16-28/h6-9,17H,3-5,10-16H2,1-2H3. The SMILES string of the molecule is CCCc1ccc(-c2ccc(C34CCC(CCC)(CC3)CC4)c(C#N)c2C#N)cc1F. The summed E-state index contributed by atoms with van der Waals surface area (Å²) in [5.74, 6) is -0.240. The molecule has 3 aliphatic carbocycles. The Labute approximate surface area is 185 Å². The van der Waals surface area contributed by atoms with E-state index in [4.69, 9.17) is 0 Å². The van der Waals surface area contributed by atoms with Crippen molar-refractivity contribution in [2.45, 2.75) is 83.5 Å². The fourth-order valence-corrected chi connectivity index (χ4v) is 6.28. The van der Waals surface area contributed by atoms with Crippen molar-refractivity contribution in [1.29, 1.82) is 10.5 Å². The van der Waals surface area contributed by atoms with Crippen molar-refractivity contribution >= 4 is 0 Å². The van der Waals surface area contributed by atoms with Gasteiger partial charge in [-0.3, -0.25) is 0 Å². The molecule has 0 saturated heterocycles. The maximum Gasteiger partial charge on any atom is 0.127 e. The van der Waals surface area contributed by atoms with Gasteiger partial charge >= 0.3 is 0 Å². The molecule has 5 rings (SSSR count). The largest absolute Gasteiger partial charge is 0.207 e. The van der Waals surface area contributed by atoms with Crippen molar-refractivity contribution in [3.05, 3.63) is 58.4 Å². The van der Waals surface area contributed by atoms with Crippen LogP contribution in [0.2, 0.25) is 0 Å². The molecule has 3 heteroatoms. The lowest BCUT2D eigenvalue weighted by molar-refractivity contribution is 0.0319. The van der Waals surface area contributed by atoms with E-state index in [0.717, 1.165) is 31.2 Å². The minimum Gasteiger partial charge on any atom is -0.207 e. The Morgan fingerprint density at radius 3 is 2.10 bits per heavy atom. The summed E-state index contributed by atoms with van der Waals surface area (Å²) in [5.41, 5.74) is 4.48. The first-order valence-corrected chi connectivity index (χ1v) is 11.8. The molecule has 0 heterocycles. The molecular formula is C28H31FN2. The van der Waals surface area contributed by atoms with Crippen LogP contribution in [0.3, 0.4) is 0 Å². The zero-order chi connectivity index (χ0) is 22.1. The normalized spacial score (nSPS) is 24.5. The van der Waals surface area contributed by atoms with Crippen LogP contribution in [-0.2, 0) is 11.8 Å². The fourth-order valence-electron chi connectivity index (χ4n) is 6.28. The van der Waals surface area contributed by atoms with Crippen LogP contribution < -0.4 is 0 Å². The van der Waals surface area contributed by atoms with Crippen LogP contribution in [0, 0.1) is 33.9 Å². The summed E-state index contributed by atoms with van der Waals surface area (Å²) in [6.45, 7) is 4.30. The second kappa shape index (κ2) is 8.47. The van der Waals surface area contributed by atoms with Crippen LogP contribution >= 0.6 is 0 Å². The highest BCUT2D eigenvalue weighted by Gasteiger charge is 2.49. The molecule has 0 unspecified atom stereocenters. The summed E-state index contributed by atoms with van der Waals surface area (Å²) in [5, 5.41) is 20.1. The summed E-state index contributed by atoms with van der Waals surface area (Å²) in [7, 11) is 0. The first-order chi connectivity index (χ1) is 15.0. The number of hydrogen-bond donors (Lipinski definition) is 0. The van der Waals surface area contributed by atoms with E-state index < -0.39 is 0 Å². The predicted octanol–water partition coefficient (Wildman–Crippen LogP) is 7.58. The van der Waals surface area contributed by atoms with Gasteiger partial charge in [0.1, 0.15) is 18.0 Å². The summed E-state index contributed by atoms with van der Waals surface area (Å²) >= 11 is 0. The Bertz CT molecular complexity index is 1050. The van der Waals surface area contributed by atoms with E-state index in [1.54, 1.807) is 0 Å². The van der Waals surface area contributed by atoms with Crippen molar-refractivity contribution in [2.75, 3.05) is 0 Å². The Morgan fingerprint density at radius 1 is 0.871 bits per heavy atom. The summed E-state index contributed by atoms with van der Waals surface area (Å²) in [6.07, 6.45) is 11.1. The Morgan fingerprint density at radius 2 is 1.55 bits per heavy atom. The molecule has 0 N–H and O–H groups in total. The molecule has 2 aromatic rings. The second-order valence-electron chi connectivity index (χ2n) is 9.72. The maximum absolute atomic E-state index is 14.6. The van der Waals surface area contributed by atoms with Gasteiger partial charge in [0, 0.05) is 5.56 Å². The highest BCUT2D eigenvalue weighted by molar-refractivity contribution is 5.75. The van der Waals surface area contributed by atoms with Crippen molar-refractivity contribution in [3.8, 4) is 23.3 Å². The molecule has 0 spiro atoms. The van der Waals surface area contributed by atoms with E-state index in [9.17, 15) is 14.9 Å². The van der Waals surface area contributed by atoms with Gasteiger partial charge < -0.3 is 0 Å². The lowest BCUT2D eigenvalue weighted by Gasteiger charge is -2.54. The Kier molecular flexibility index (Phi) is 5.90. The quantitative estimate of drug-likeness (QED) is 0.489. The van der Waals surface area contributed by atoms with E-state index in [1.807, 2.05) is 25.1 Å². The molecule has 0 amide bonds. The number of halogens is 1. The second-order valence-corrected chi connectivity index (χ2v) is 9.72. The fraction of sp³-hybridized carbons (Fsp3) is 0.500. The highest BCUT2D eigenvalue weighted by atomic mass is 19.1. The van der Waals surface area contributed by atoms with Crippen LogP contribution in [0.4, 0.5) is 4.39 Å². The van der Waals surface area contributed by atoms with Gasteiger partial charge in [0.15, 0.2) is 0 Å². The topological polar surface area (TPSA) is 47.6 Å². The smallest absolute Gasteiger partial charge is 0.127 e. The van der Waals surface area contributed by atoms with E-state index >= 15 is 0 Å². The number of fused-ring (bicyclic) bond motifs is 3. The third-order valence-corrected chi connectivity index (χ3v) is 8.07. The van der Waals surface area contributed by atoms with E-state index in [0.29, 0.717) is 39.7 Å². The number of hydrogen-bond acceptors (Lipinski definition) is 2. The number of nitrogens with zero attached hydrogens (tertiary/aromatic N) is 2. The molecule has 2 aromatic carbocycles. The molecule has 3 fully saturated rings. The van der Waals surface area contributed by atoms with Crippen LogP contribution in [-0.4, -0.2) is 0 Å². The molecule has 0 aromatic heterocycles. The van der Waals surface area contributed by atoms with Gasteiger partial charge in [0.25, 0.3) is 0 Å². The number of benzene rings is 2. The van der Waals surface area contributed by atoms with Gasteiger partial charge in [-0.05, 0) is 85.0 Å². The number of nitriles is 2. The summed E-state index contributed by atoms with van der Waals surface area (Å²) in [4.78, 5) is 0. The zero-order valence-corrected chi connectivity index (χ0v) is 18.7. The lowest BCUT2D eigenvalue weighted by Crippen LogP contribution is -2.44. The molecule has 31 heavy (non-hydrogen) atoms. The van der Waals surface area contributed by atoms with E-state index in [2.05, 4.69) is 25.1 Å². The van der Waals surface area contributed by atoms with E-state index in [1.165, 1.54) is 38.2 Å².